The minimum absolute atomic E-state index is 0.0485. The van der Waals surface area contributed by atoms with E-state index >= 15 is 0 Å². The second kappa shape index (κ2) is 6.30. The Balaban J connectivity index is 1.83. The highest BCUT2D eigenvalue weighted by Crippen LogP contribution is 2.36. The van der Waals surface area contributed by atoms with E-state index in [1.807, 2.05) is 48.5 Å². The molecule has 0 amide bonds. The van der Waals surface area contributed by atoms with E-state index in [4.69, 9.17) is 4.42 Å². The molecule has 0 aliphatic carbocycles. The molecule has 2 heterocycles. The first kappa shape index (κ1) is 16.9. The van der Waals surface area contributed by atoms with Crippen LogP contribution in [-0.4, -0.2) is 29.9 Å². The molecule has 132 valence electrons. The standard InChI is InChI=1S/C18H15N3O3S2/c1-11-20-21-17(24-11)16(26(2,22)23)18-19-14-9-8-13(10-15(14)25-18)12-6-4-3-5-7-12/h3-10,16H,1-2H3. The second-order valence-corrected chi connectivity index (χ2v) is 9.16. The quantitative estimate of drug-likeness (QED) is 0.531. The van der Waals surface area contributed by atoms with Crippen LogP contribution in [0.1, 0.15) is 22.0 Å². The van der Waals surface area contributed by atoms with Gasteiger partial charge in [0.25, 0.3) is 0 Å². The predicted molar refractivity (Wildman–Crippen MR) is 101 cm³/mol. The summed E-state index contributed by atoms with van der Waals surface area (Å²) in [4.78, 5) is 4.51. The van der Waals surface area contributed by atoms with Gasteiger partial charge in [-0.15, -0.1) is 21.5 Å². The zero-order valence-corrected chi connectivity index (χ0v) is 15.7. The normalized spacial score (nSPS) is 13.2. The van der Waals surface area contributed by atoms with Crippen molar-refractivity contribution in [3.63, 3.8) is 0 Å². The highest BCUT2D eigenvalue weighted by atomic mass is 32.2. The smallest absolute Gasteiger partial charge is 0.241 e. The van der Waals surface area contributed by atoms with Crippen LogP contribution in [0.15, 0.2) is 52.9 Å². The average molecular weight is 385 g/mol. The fourth-order valence-electron chi connectivity index (χ4n) is 2.75. The number of fused-ring (bicyclic) bond motifs is 1. The molecule has 4 rings (SSSR count). The van der Waals surface area contributed by atoms with Gasteiger partial charge in [-0.2, -0.15) is 0 Å². The largest absolute Gasteiger partial charge is 0.424 e. The number of thiazole rings is 1. The van der Waals surface area contributed by atoms with E-state index in [0.717, 1.165) is 27.6 Å². The summed E-state index contributed by atoms with van der Waals surface area (Å²) in [5.74, 6) is 0.369. The van der Waals surface area contributed by atoms with E-state index in [0.29, 0.717) is 10.9 Å². The second-order valence-electron chi connectivity index (χ2n) is 5.97. The monoisotopic (exact) mass is 385 g/mol. The number of hydrogen-bond acceptors (Lipinski definition) is 7. The maximum absolute atomic E-state index is 12.3. The Morgan fingerprint density at radius 2 is 1.81 bits per heavy atom. The fourth-order valence-corrected chi connectivity index (χ4v) is 5.28. The molecule has 2 aromatic heterocycles. The molecule has 1 atom stereocenters. The molecule has 2 aromatic carbocycles. The van der Waals surface area contributed by atoms with Crippen LogP contribution in [0.2, 0.25) is 0 Å². The first-order chi connectivity index (χ1) is 12.4. The molecule has 0 radical (unpaired) electrons. The molecule has 8 heteroatoms. The van der Waals surface area contributed by atoms with Crippen molar-refractivity contribution in [2.24, 2.45) is 0 Å². The lowest BCUT2D eigenvalue weighted by Gasteiger charge is -2.06. The van der Waals surface area contributed by atoms with Crippen LogP contribution in [0, 0.1) is 6.92 Å². The van der Waals surface area contributed by atoms with Crippen molar-refractivity contribution >= 4 is 31.4 Å². The van der Waals surface area contributed by atoms with E-state index in [-0.39, 0.29) is 5.89 Å². The van der Waals surface area contributed by atoms with Crippen molar-refractivity contribution in [3.8, 4) is 11.1 Å². The van der Waals surface area contributed by atoms with Gasteiger partial charge in [0.05, 0.1) is 10.2 Å². The van der Waals surface area contributed by atoms with E-state index in [1.54, 1.807) is 6.92 Å². The summed E-state index contributed by atoms with van der Waals surface area (Å²) in [6, 6.07) is 15.9. The van der Waals surface area contributed by atoms with Gasteiger partial charge >= 0.3 is 0 Å². The van der Waals surface area contributed by atoms with Gasteiger partial charge in [0.15, 0.2) is 15.1 Å². The summed E-state index contributed by atoms with van der Waals surface area (Å²) in [5.41, 5.74) is 2.89. The van der Waals surface area contributed by atoms with Crippen LogP contribution in [0.3, 0.4) is 0 Å². The molecule has 0 bridgehead atoms. The predicted octanol–water partition coefficient (Wildman–Crippen LogP) is 3.79. The molecule has 0 saturated heterocycles. The first-order valence-electron chi connectivity index (χ1n) is 7.86. The third-order valence-electron chi connectivity index (χ3n) is 3.93. The molecule has 0 spiro atoms. The summed E-state index contributed by atoms with van der Waals surface area (Å²) in [7, 11) is -3.52. The lowest BCUT2D eigenvalue weighted by Crippen LogP contribution is -2.13. The number of hydrogen-bond donors (Lipinski definition) is 0. The Morgan fingerprint density at radius 3 is 2.46 bits per heavy atom. The molecular formula is C18H15N3O3S2. The zero-order valence-electron chi connectivity index (χ0n) is 14.1. The molecule has 1 unspecified atom stereocenters. The molecular weight excluding hydrogens is 370 g/mol. The minimum Gasteiger partial charge on any atom is -0.424 e. The van der Waals surface area contributed by atoms with Gasteiger partial charge in [0.1, 0.15) is 5.01 Å². The molecule has 4 aromatic rings. The van der Waals surface area contributed by atoms with Gasteiger partial charge in [0.2, 0.25) is 11.8 Å². The third-order valence-corrected chi connectivity index (χ3v) is 6.44. The minimum atomic E-state index is -3.52. The molecule has 0 N–H and O–H groups in total. The Morgan fingerprint density at radius 1 is 1.04 bits per heavy atom. The van der Waals surface area contributed by atoms with Crippen LogP contribution >= 0.6 is 11.3 Å². The number of sulfone groups is 1. The maximum atomic E-state index is 12.3. The van der Waals surface area contributed by atoms with Crippen molar-refractivity contribution in [3.05, 3.63) is 65.3 Å². The van der Waals surface area contributed by atoms with Crippen molar-refractivity contribution in [1.29, 1.82) is 0 Å². The van der Waals surface area contributed by atoms with Gasteiger partial charge in [-0.05, 0) is 23.3 Å². The molecule has 0 aliphatic rings. The SMILES string of the molecule is Cc1nnc(C(c2nc3ccc(-c4ccccc4)cc3s2)S(C)(=O)=O)o1. The van der Waals surface area contributed by atoms with Crippen molar-refractivity contribution in [1.82, 2.24) is 15.2 Å². The van der Waals surface area contributed by atoms with Crippen molar-refractivity contribution < 1.29 is 12.8 Å². The van der Waals surface area contributed by atoms with E-state index in [9.17, 15) is 8.42 Å². The summed E-state index contributed by atoms with van der Waals surface area (Å²) in [5, 5.41) is 7.02. The van der Waals surface area contributed by atoms with Gasteiger partial charge in [-0.3, -0.25) is 0 Å². The van der Waals surface area contributed by atoms with Gasteiger partial charge in [-0.1, -0.05) is 36.4 Å². The van der Waals surface area contributed by atoms with Crippen LogP contribution in [-0.2, 0) is 9.84 Å². The van der Waals surface area contributed by atoms with Gasteiger partial charge in [0, 0.05) is 13.2 Å². The van der Waals surface area contributed by atoms with E-state index in [2.05, 4.69) is 15.2 Å². The van der Waals surface area contributed by atoms with Crippen molar-refractivity contribution in [2.75, 3.05) is 6.26 Å². The maximum Gasteiger partial charge on any atom is 0.241 e. The summed E-state index contributed by atoms with van der Waals surface area (Å²) in [6.07, 6.45) is 1.15. The summed E-state index contributed by atoms with van der Waals surface area (Å²) < 4.78 is 31.0. The lowest BCUT2D eigenvalue weighted by molar-refractivity contribution is 0.467. The van der Waals surface area contributed by atoms with Crippen molar-refractivity contribution in [2.45, 2.75) is 12.2 Å². The summed E-state index contributed by atoms with van der Waals surface area (Å²) >= 11 is 1.33. The van der Waals surface area contributed by atoms with Crippen LogP contribution in [0.4, 0.5) is 0 Å². The third kappa shape index (κ3) is 3.13. The van der Waals surface area contributed by atoms with Crippen LogP contribution in [0.5, 0.6) is 0 Å². The zero-order chi connectivity index (χ0) is 18.3. The van der Waals surface area contributed by atoms with E-state index in [1.165, 1.54) is 11.3 Å². The lowest BCUT2D eigenvalue weighted by atomic mass is 10.1. The Labute approximate surface area is 154 Å². The number of aryl methyl sites for hydroxylation is 1. The van der Waals surface area contributed by atoms with Gasteiger partial charge < -0.3 is 4.42 Å². The Bertz CT molecular complexity index is 1180. The molecule has 0 fully saturated rings. The van der Waals surface area contributed by atoms with Gasteiger partial charge in [-0.25, -0.2) is 13.4 Å². The summed E-state index contributed by atoms with van der Waals surface area (Å²) in [6.45, 7) is 1.63. The number of nitrogens with zero attached hydrogens (tertiary/aromatic N) is 3. The fraction of sp³-hybridized carbons (Fsp3) is 0.167. The molecule has 0 saturated carbocycles. The van der Waals surface area contributed by atoms with E-state index < -0.39 is 15.1 Å². The van der Waals surface area contributed by atoms with Crippen LogP contribution in [0.25, 0.3) is 21.3 Å². The highest BCUT2D eigenvalue weighted by molar-refractivity contribution is 7.91. The highest BCUT2D eigenvalue weighted by Gasteiger charge is 2.33. The molecule has 0 aliphatic heterocycles. The Kier molecular flexibility index (Phi) is 4.08. The molecule has 26 heavy (non-hydrogen) atoms. The number of aromatic nitrogens is 3. The first-order valence-corrected chi connectivity index (χ1v) is 10.6. The Hall–Kier alpha value is -2.58. The number of rotatable bonds is 4. The number of benzene rings is 2. The topological polar surface area (TPSA) is 86.0 Å². The average Bonchev–Trinajstić information content (AvgIpc) is 3.20. The van der Waals surface area contributed by atoms with Crippen LogP contribution < -0.4 is 0 Å². The molecule has 6 nitrogen and oxygen atoms in total.